The topological polar surface area (TPSA) is 43.3 Å². The molecule has 0 aliphatic carbocycles. The number of aromatic nitrogens is 1. The van der Waals surface area contributed by atoms with Gasteiger partial charge in [-0.25, -0.2) is 0 Å². The summed E-state index contributed by atoms with van der Waals surface area (Å²) in [7, 11) is 1.57. The first-order valence-corrected chi connectivity index (χ1v) is 9.56. The molecule has 0 fully saturated rings. The summed E-state index contributed by atoms with van der Waals surface area (Å²) >= 11 is 6.18. The number of halogens is 1. The molecule has 2 aromatic carbocycles. The summed E-state index contributed by atoms with van der Waals surface area (Å²) in [6.07, 6.45) is 0.968. The van der Waals surface area contributed by atoms with Gasteiger partial charge in [0.2, 0.25) is 0 Å². The van der Waals surface area contributed by atoms with E-state index in [-0.39, 0.29) is 5.91 Å². The predicted molar refractivity (Wildman–Crippen MR) is 112 cm³/mol. The van der Waals surface area contributed by atoms with Crippen LogP contribution in [0.25, 0.3) is 10.9 Å². The van der Waals surface area contributed by atoms with Crippen LogP contribution in [0.5, 0.6) is 5.75 Å². The van der Waals surface area contributed by atoms with E-state index in [1.165, 1.54) is 5.56 Å². The molecule has 1 amide bonds. The second-order valence-corrected chi connectivity index (χ2v) is 7.09. The van der Waals surface area contributed by atoms with Gasteiger partial charge in [-0.3, -0.25) is 4.79 Å². The molecule has 5 heteroatoms. The Morgan fingerprint density at radius 1 is 1.19 bits per heavy atom. The van der Waals surface area contributed by atoms with Crippen molar-refractivity contribution in [3.8, 4) is 5.75 Å². The zero-order chi connectivity index (χ0) is 19.7. The first kappa shape index (κ1) is 19.3. The minimum Gasteiger partial charge on any atom is -0.495 e. The number of amides is 1. The van der Waals surface area contributed by atoms with Gasteiger partial charge in [0.1, 0.15) is 11.4 Å². The SMILES string of the molecule is CCc1ccc2c(c1)c(C)c(C(=O)Nc1cc(C)c(Cl)cc1OC)n2CC. The molecular weight excluding hydrogens is 360 g/mol. The van der Waals surface area contributed by atoms with Crippen LogP contribution in [0.1, 0.15) is 41.0 Å². The number of ether oxygens (including phenoxy) is 1. The standard InChI is InChI=1S/C22H25ClN2O2/c1-6-15-8-9-19-16(11-15)14(4)21(25(19)7-2)22(26)24-18-10-13(3)17(23)12-20(18)27-5/h8-12H,6-7H2,1-5H3,(H,24,26). The number of fused-ring (bicyclic) bond motifs is 1. The zero-order valence-corrected chi connectivity index (χ0v) is 17.2. The van der Waals surface area contributed by atoms with E-state index in [4.69, 9.17) is 16.3 Å². The van der Waals surface area contributed by atoms with Crippen molar-refractivity contribution in [3.05, 3.63) is 57.7 Å². The van der Waals surface area contributed by atoms with Crippen LogP contribution >= 0.6 is 11.6 Å². The van der Waals surface area contributed by atoms with Crippen molar-refractivity contribution in [2.75, 3.05) is 12.4 Å². The molecule has 1 N–H and O–H groups in total. The molecule has 27 heavy (non-hydrogen) atoms. The van der Waals surface area contributed by atoms with E-state index in [1.807, 2.05) is 19.9 Å². The molecule has 1 heterocycles. The second kappa shape index (κ2) is 7.65. The molecule has 0 spiro atoms. The van der Waals surface area contributed by atoms with E-state index >= 15 is 0 Å². The second-order valence-electron chi connectivity index (χ2n) is 6.68. The number of nitrogens with zero attached hydrogens (tertiary/aromatic N) is 1. The summed E-state index contributed by atoms with van der Waals surface area (Å²) in [4.78, 5) is 13.2. The monoisotopic (exact) mass is 384 g/mol. The number of rotatable bonds is 5. The lowest BCUT2D eigenvalue weighted by molar-refractivity contribution is 0.101. The first-order chi connectivity index (χ1) is 12.9. The van der Waals surface area contributed by atoms with Crippen LogP contribution in [0.3, 0.4) is 0 Å². The number of hydrogen-bond donors (Lipinski definition) is 1. The fourth-order valence-electron chi connectivity index (χ4n) is 3.52. The van der Waals surface area contributed by atoms with Crippen LogP contribution < -0.4 is 10.1 Å². The molecule has 0 saturated carbocycles. The molecule has 3 rings (SSSR count). The van der Waals surface area contributed by atoms with E-state index in [9.17, 15) is 4.79 Å². The highest BCUT2D eigenvalue weighted by Crippen LogP contribution is 2.33. The summed E-state index contributed by atoms with van der Waals surface area (Å²) in [5, 5.41) is 4.74. The largest absolute Gasteiger partial charge is 0.495 e. The van der Waals surface area contributed by atoms with Gasteiger partial charge in [0, 0.05) is 28.5 Å². The Kier molecular flexibility index (Phi) is 5.47. The van der Waals surface area contributed by atoms with Gasteiger partial charge >= 0.3 is 0 Å². The molecule has 0 radical (unpaired) electrons. The Labute approximate surface area is 165 Å². The van der Waals surface area contributed by atoms with Crippen molar-refractivity contribution >= 4 is 34.1 Å². The zero-order valence-electron chi connectivity index (χ0n) is 16.4. The fraction of sp³-hybridized carbons (Fsp3) is 0.318. The van der Waals surface area contributed by atoms with Gasteiger partial charge in [0.15, 0.2) is 0 Å². The number of anilines is 1. The number of carbonyl (C=O) groups is 1. The molecule has 1 aromatic heterocycles. The van der Waals surface area contributed by atoms with E-state index in [0.717, 1.165) is 35.0 Å². The Morgan fingerprint density at radius 3 is 2.56 bits per heavy atom. The number of benzene rings is 2. The lowest BCUT2D eigenvalue weighted by atomic mass is 10.1. The molecule has 4 nitrogen and oxygen atoms in total. The molecule has 0 bridgehead atoms. The molecule has 0 unspecified atom stereocenters. The van der Waals surface area contributed by atoms with E-state index in [2.05, 4.69) is 41.9 Å². The van der Waals surface area contributed by atoms with E-state index < -0.39 is 0 Å². The van der Waals surface area contributed by atoms with Gasteiger partial charge in [-0.15, -0.1) is 0 Å². The van der Waals surface area contributed by atoms with Crippen LogP contribution in [0, 0.1) is 13.8 Å². The van der Waals surface area contributed by atoms with Crippen molar-refractivity contribution in [1.82, 2.24) is 4.57 Å². The summed E-state index contributed by atoms with van der Waals surface area (Å²) < 4.78 is 7.45. The lowest BCUT2D eigenvalue weighted by Crippen LogP contribution is -2.18. The molecule has 0 saturated heterocycles. The Morgan fingerprint density at radius 2 is 1.93 bits per heavy atom. The van der Waals surface area contributed by atoms with Gasteiger partial charge in [-0.05, 0) is 62.1 Å². The Balaban J connectivity index is 2.09. The molecule has 0 atom stereocenters. The maximum atomic E-state index is 13.2. The van der Waals surface area contributed by atoms with Crippen molar-refractivity contribution < 1.29 is 9.53 Å². The smallest absolute Gasteiger partial charge is 0.272 e. The average molecular weight is 385 g/mol. The highest BCUT2D eigenvalue weighted by Gasteiger charge is 2.21. The maximum Gasteiger partial charge on any atom is 0.272 e. The number of hydrogen-bond acceptors (Lipinski definition) is 2. The van der Waals surface area contributed by atoms with Crippen LogP contribution in [-0.2, 0) is 13.0 Å². The van der Waals surface area contributed by atoms with Crippen LogP contribution in [0.4, 0.5) is 5.69 Å². The summed E-state index contributed by atoms with van der Waals surface area (Å²) in [5.41, 5.74) is 5.51. The van der Waals surface area contributed by atoms with Gasteiger partial charge in [-0.1, -0.05) is 24.6 Å². The van der Waals surface area contributed by atoms with Gasteiger partial charge in [0.05, 0.1) is 12.8 Å². The third kappa shape index (κ3) is 3.42. The number of carbonyl (C=O) groups excluding carboxylic acids is 1. The predicted octanol–water partition coefficient (Wildman–Crippen LogP) is 5.75. The van der Waals surface area contributed by atoms with Gasteiger partial charge < -0.3 is 14.6 Å². The maximum absolute atomic E-state index is 13.2. The van der Waals surface area contributed by atoms with Crippen LogP contribution in [0.2, 0.25) is 5.02 Å². The van der Waals surface area contributed by atoms with Crippen molar-refractivity contribution in [3.63, 3.8) is 0 Å². The highest BCUT2D eigenvalue weighted by atomic mass is 35.5. The quantitative estimate of drug-likeness (QED) is 0.608. The summed E-state index contributed by atoms with van der Waals surface area (Å²) in [6, 6.07) is 9.97. The molecule has 0 aliphatic rings. The summed E-state index contributed by atoms with van der Waals surface area (Å²) in [5.74, 6) is 0.396. The lowest BCUT2D eigenvalue weighted by Gasteiger charge is -2.14. The van der Waals surface area contributed by atoms with Crippen molar-refractivity contribution in [2.24, 2.45) is 0 Å². The van der Waals surface area contributed by atoms with Crippen molar-refractivity contribution in [2.45, 2.75) is 40.7 Å². The minimum absolute atomic E-state index is 0.149. The Bertz CT molecular complexity index is 1020. The molecule has 142 valence electrons. The third-order valence-electron chi connectivity index (χ3n) is 5.05. The third-order valence-corrected chi connectivity index (χ3v) is 5.46. The fourth-order valence-corrected chi connectivity index (χ4v) is 3.68. The number of methoxy groups -OCH3 is 1. The van der Waals surface area contributed by atoms with E-state index in [1.54, 1.807) is 13.2 Å². The van der Waals surface area contributed by atoms with E-state index in [0.29, 0.717) is 22.2 Å². The van der Waals surface area contributed by atoms with Gasteiger partial charge in [-0.2, -0.15) is 0 Å². The first-order valence-electron chi connectivity index (χ1n) is 9.18. The Hall–Kier alpha value is -2.46. The van der Waals surface area contributed by atoms with Crippen LogP contribution in [-0.4, -0.2) is 17.6 Å². The number of aryl methyl sites for hydroxylation is 4. The molecule has 0 aliphatic heterocycles. The molecular formula is C22H25ClN2O2. The number of nitrogens with one attached hydrogen (secondary N) is 1. The minimum atomic E-state index is -0.149. The van der Waals surface area contributed by atoms with Crippen molar-refractivity contribution in [1.29, 1.82) is 0 Å². The molecule has 3 aromatic rings. The average Bonchev–Trinajstić information content (AvgIpc) is 2.95. The normalized spacial score (nSPS) is 11.0. The van der Waals surface area contributed by atoms with Gasteiger partial charge in [0.25, 0.3) is 5.91 Å². The highest BCUT2D eigenvalue weighted by molar-refractivity contribution is 6.31. The van der Waals surface area contributed by atoms with Crippen LogP contribution in [0.15, 0.2) is 30.3 Å². The summed E-state index contributed by atoms with van der Waals surface area (Å²) in [6.45, 7) is 8.81.